The van der Waals surface area contributed by atoms with Gasteiger partial charge >= 0.3 is 7.12 Å². The van der Waals surface area contributed by atoms with E-state index in [0.717, 1.165) is 5.56 Å². The van der Waals surface area contributed by atoms with E-state index in [2.05, 4.69) is 0 Å². The Morgan fingerprint density at radius 1 is 0.900 bits per heavy atom. The Bertz CT molecular complexity index is 457. The highest BCUT2D eigenvalue weighted by molar-refractivity contribution is 6.58. The molecule has 0 unspecified atom stereocenters. The first-order chi connectivity index (χ1) is 9.53. The molecule has 1 aliphatic carbocycles. The Morgan fingerprint density at radius 3 is 1.95 bits per heavy atom. The molecule has 1 saturated carbocycles. The van der Waals surface area contributed by atoms with Crippen LogP contribution in [0.3, 0.4) is 0 Å². The zero-order chi connectivity index (χ0) is 14.2. The van der Waals surface area contributed by atoms with Gasteiger partial charge in [-0.1, -0.05) is 24.3 Å². The Morgan fingerprint density at radius 2 is 1.45 bits per heavy atom. The van der Waals surface area contributed by atoms with Crippen molar-refractivity contribution < 1.29 is 24.6 Å². The van der Waals surface area contributed by atoms with E-state index in [0.29, 0.717) is 44.4 Å². The minimum Gasteiger partial charge on any atom is -0.423 e. The van der Waals surface area contributed by atoms with Crippen LogP contribution in [0.4, 0.5) is 0 Å². The van der Waals surface area contributed by atoms with Gasteiger partial charge in [0.15, 0.2) is 5.79 Å². The summed E-state index contributed by atoms with van der Waals surface area (Å²) in [5, 5.41) is 29.0. The van der Waals surface area contributed by atoms with Gasteiger partial charge in [0.25, 0.3) is 0 Å². The molecule has 6 heteroatoms. The van der Waals surface area contributed by atoms with E-state index < -0.39 is 18.5 Å². The zero-order valence-electron chi connectivity index (χ0n) is 11.3. The van der Waals surface area contributed by atoms with Crippen molar-refractivity contribution in [2.45, 2.75) is 37.1 Å². The summed E-state index contributed by atoms with van der Waals surface area (Å²) in [4.78, 5) is 0. The number of ether oxygens (including phenoxy) is 2. The van der Waals surface area contributed by atoms with Gasteiger partial charge in [-0.2, -0.15) is 0 Å². The van der Waals surface area contributed by atoms with Crippen LogP contribution in [0.5, 0.6) is 0 Å². The van der Waals surface area contributed by atoms with E-state index in [1.54, 1.807) is 24.3 Å². The first-order valence-electron chi connectivity index (χ1n) is 7.00. The van der Waals surface area contributed by atoms with Crippen LogP contribution in [0, 0.1) is 0 Å². The highest BCUT2D eigenvalue weighted by Gasteiger charge is 2.46. The monoisotopic (exact) mass is 278 g/mol. The van der Waals surface area contributed by atoms with Crippen LogP contribution >= 0.6 is 0 Å². The van der Waals surface area contributed by atoms with Crippen molar-refractivity contribution >= 4 is 12.6 Å². The molecule has 1 heterocycles. The van der Waals surface area contributed by atoms with Gasteiger partial charge in [0.2, 0.25) is 0 Å². The molecule has 0 aromatic heterocycles. The van der Waals surface area contributed by atoms with E-state index in [1.165, 1.54) is 0 Å². The summed E-state index contributed by atoms with van der Waals surface area (Å²) in [6.07, 6.45) is 2.50. The molecule has 3 N–H and O–H groups in total. The maximum atomic E-state index is 10.8. The highest BCUT2D eigenvalue weighted by Crippen LogP contribution is 2.44. The third kappa shape index (κ3) is 2.50. The lowest BCUT2D eigenvalue weighted by atomic mass is 9.74. The molecular weight excluding hydrogens is 259 g/mol. The van der Waals surface area contributed by atoms with E-state index in [4.69, 9.17) is 19.5 Å². The van der Waals surface area contributed by atoms with Crippen LogP contribution in [-0.2, 0) is 15.1 Å². The summed E-state index contributed by atoms with van der Waals surface area (Å²) in [6.45, 7) is 1.25. The number of rotatable bonds is 2. The first-order valence-corrected chi connectivity index (χ1v) is 7.00. The Balaban J connectivity index is 1.73. The third-order valence-corrected chi connectivity index (χ3v) is 4.40. The summed E-state index contributed by atoms with van der Waals surface area (Å²) in [5.74, 6) is -0.493. The molecule has 5 nitrogen and oxygen atoms in total. The summed E-state index contributed by atoms with van der Waals surface area (Å²) in [5.41, 5.74) is 0.335. The standard InChI is InChI=1S/C14H19BO5/c16-13(11-1-3-12(4-2-11)15(17)18)5-7-14(8-6-13)19-9-10-20-14/h1-4,16-18H,5-10H2. The zero-order valence-corrected chi connectivity index (χ0v) is 11.3. The molecule has 0 amide bonds. The topological polar surface area (TPSA) is 79.2 Å². The van der Waals surface area contributed by atoms with Crippen molar-refractivity contribution in [3.05, 3.63) is 29.8 Å². The van der Waals surface area contributed by atoms with Gasteiger partial charge in [-0.15, -0.1) is 0 Å². The van der Waals surface area contributed by atoms with Gasteiger partial charge in [0, 0.05) is 12.8 Å². The maximum Gasteiger partial charge on any atom is 0.488 e. The van der Waals surface area contributed by atoms with Crippen LogP contribution < -0.4 is 5.46 Å². The van der Waals surface area contributed by atoms with Gasteiger partial charge < -0.3 is 24.6 Å². The van der Waals surface area contributed by atoms with Gasteiger partial charge in [-0.25, -0.2) is 0 Å². The van der Waals surface area contributed by atoms with Crippen LogP contribution in [0.2, 0.25) is 0 Å². The van der Waals surface area contributed by atoms with Crippen molar-refractivity contribution in [1.82, 2.24) is 0 Å². The average molecular weight is 278 g/mol. The van der Waals surface area contributed by atoms with Gasteiger partial charge in [0.1, 0.15) is 0 Å². The molecular formula is C14H19BO5. The smallest absolute Gasteiger partial charge is 0.423 e. The Hall–Kier alpha value is -0.915. The Labute approximate surface area is 118 Å². The van der Waals surface area contributed by atoms with Crippen molar-refractivity contribution in [3.63, 3.8) is 0 Å². The number of hydrogen-bond acceptors (Lipinski definition) is 5. The molecule has 1 saturated heterocycles. The third-order valence-electron chi connectivity index (χ3n) is 4.40. The largest absolute Gasteiger partial charge is 0.488 e. The summed E-state index contributed by atoms with van der Waals surface area (Å²) >= 11 is 0. The summed E-state index contributed by atoms with van der Waals surface area (Å²) in [7, 11) is -1.48. The van der Waals surface area contributed by atoms with Gasteiger partial charge in [-0.3, -0.25) is 0 Å². The molecule has 1 spiro atoms. The van der Waals surface area contributed by atoms with Crippen LogP contribution in [0.1, 0.15) is 31.2 Å². The molecule has 0 atom stereocenters. The molecule has 20 heavy (non-hydrogen) atoms. The molecule has 108 valence electrons. The molecule has 2 fully saturated rings. The molecule has 0 radical (unpaired) electrons. The van der Waals surface area contributed by atoms with E-state index in [-0.39, 0.29) is 0 Å². The lowest BCUT2D eigenvalue weighted by Gasteiger charge is -2.40. The predicted octanol–water partition coefficient (Wildman–Crippen LogP) is -0.129. The quantitative estimate of drug-likeness (QED) is 0.657. The van der Waals surface area contributed by atoms with Crippen LogP contribution in [0.25, 0.3) is 0 Å². The van der Waals surface area contributed by atoms with Crippen molar-refractivity contribution in [3.8, 4) is 0 Å². The highest BCUT2D eigenvalue weighted by atomic mass is 16.7. The second kappa shape index (κ2) is 5.13. The maximum absolute atomic E-state index is 10.8. The SMILES string of the molecule is OB(O)c1ccc(C2(O)CCC3(CC2)OCCO3)cc1. The first kappa shape index (κ1) is 14.0. The minimum atomic E-state index is -1.48. The summed E-state index contributed by atoms with van der Waals surface area (Å²) in [6, 6.07) is 6.77. The number of aliphatic hydroxyl groups is 1. The summed E-state index contributed by atoms with van der Waals surface area (Å²) < 4.78 is 11.3. The van der Waals surface area contributed by atoms with E-state index in [1.807, 2.05) is 0 Å². The number of hydrogen-bond donors (Lipinski definition) is 3. The lowest BCUT2D eigenvalue weighted by Crippen LogP contribution is -2.42. The van der Waals surface area contributed by atoms with Crippen molar-refractivity contribution in [2.75, 3.05) is 13.2 Å². The minimum absolute atomic E-state index is 0.423. The lowest BCUT2D eigenvalue weighted by molar-refractivity contribution is -0.204. The number of benzene rings is 1. The van der Waals surface area contributed by atoms with Crippen molar-refractivity contribution in [1.29, 1.82) is 0 Å². The second-order valence-electron chi connectivity index (χ2n) is 5.63. The fraction of sp³-hybridized carbons (Fsp3) is 0.571. The predicted molar refractivity (Wildman–Crippen MR) is 73.3 cm³/mol. The molecule has 1 aliphatic heterocycles. The van der Waals surface area contributed by atoms with Crippen LogP contribution in [0.15, 0.2) is 24.3 Å². The molecule has 1 aromatic rings. The Kier molecular flexibility index (Phi) is 3.60. The van der Waals surface area contributed by atoms with Crippen molar-refractivity contribution in [2.24, 2.45) is 0 Å². The van der Waals surface area contributed by atoms with E-state index in [9.17, 15) is 5.11 Å². The fourth-order valence-corrected chi connectivity index (χ4v) is 3.08. The van der Waals surface area contributed by atoms with Crippen LogP contribution in [-0.4, -0.2) is 41.3 Å². The second-order valence-corrected chi connectivity index (χ2v) is 5.63. The normalized spacial score (nSPS) is 23.9. The van der Waals surface area contributed by atoms with E-state index >= 15 is 0 Å². The van der Waals surface area contributed by atoms with Gasteiger partial charge in [-0.05, 0) is 23.9 Å². The molecule has 2 aliphatic rings. The molecule has 1 aromatic carbocycles. The fourth-order valence-electron chi connectivity index (χ4n) is 3.08. The molecule has 3 rings (SSSR count). The van der Waals surface area contributed by atoms with Gasteiger partial charge in [0.05, 0.1) is 18.8 Å². The molecule has 0 bridgehead atoms. The average Bonchev–Trinajstić information content (AvgIpc) is 2.92.